The van der Waals surface area contributed by atoms with Crippen LogP contribution in [0.4, 0.5) is 28.7 Å². The minimum Gasteiger partial charge on any atom is -0.462 e. The van der Waals surface area contributed by atoms with Crippen molar-refractivity contribution in [1.82, 2.24) is 9.97 Å². The number of fused-ring (bicyclic) bond motifs is 1. The van der Waals surface area contributed by atoms with E-state index in [4.69, 9.17) is 4.74 Å². The fourth-order valence-electron chi connectivity index (χ4n) is 3.30. The van der Waals surface area contributed by atoms with Crippen molar-refractivity contribution in [1.29, 1.82) is 0 Å². The quantitative estimate of drug-likeness (QED) is 0.234. The first kappa shape index (κ1) is 20.7. The van der Waals surface area contributed by atoms with Crippen LogP contribution < -0.4 is 10.6 Å². The summed E-state index contributed by atoms with van der Waals surface area (Å²) in [7, 11) is 0. The number of aromatic nitrogens is 2. The van der Waals surface area contributed by atoms with Gasteiger partial charge in [0.25, 0.3) is 0 Å². The lowest BCUT2D eigenvalue weighted by Crippen LogP contribution is -2.10. The monoisotopic (exact) mass is 429 g/mol. The minimum absolute atomic E-state index is 0.0254. The molecule has 2 N–H and O–H groups in total. The highest BCUT2D eigenvalue weighted by Gasteiger charge is 2.25. The molecule has 0 spiro atoms. The fraction of sp³-hybridized carbons (Fsp3) is 0.0870. The summed E-state index contributed by atoms with van der Waals surface area (Å²) in [6.07, 6.45) is 1.22. The Labute approximate surface area is 183 Å². The third-order valence-corrected chi connectivity index (χ3v) is 4.72. The van der Waals surface area contributed by atoms with E-state index in [0.717, 1.165) is 10.8 Å². The lowest BCUT2D eigenvalue weighted by Gasteiger charge is -2.13. The van der Waals surface area contributed by atoms with Crippen molar-refractivity contribution >= 4 is 45.4 Å². The molecular weight excluding hydrogens is 410 g/mol. The minimum atomic E-state index is -0.567. The van der Waals surface area contributed by atoms with Crippen molar-refractivity contribution in [3.63, 3.8) is 0 Å². The third kappa shape index (κ3) is 4.17. The second kappa shape index (κ2) is 9.09. The van der Waals surface area contributed by atoms with E-state index < -0.39 is 10.9 Å². The number of nitrogens with one attached hydrogen (secondary N) is 2. The molecule has 0 bridgehead atoms. The van der Waals surface area contributed by atoms with Crippen molar-refractivity contribution in [2.75, 3.05) is 17.2 Å². The second-order valence-electron chi connectivity index (χ2n) is 6.72. The van der Waals surface area contributed by atoms with Gasteiger partial charge >= 0.3 is 11.7 Å². The van der Waals surface area contributed by atoms with Gasteiger partial charge in [-0.3, -0.25) is 10.1 Å². The van der Waals surface area contributed by atoms with Gasteiger partial charge in [-0.1, -0.05) is 48.5 Å². The summed E-state index contributed by atoms with van der Waals surface area (Å²) in [6, 6.07) is 19.9. The molecule has 0 aliphatic rings. The molecule has 0 atom stereocenters. The lowest BCUT2D eigenvalue weighted by atomic mass is 10.1. The number of hydrogen-bond donors (Lipinski definition) is 2. The van der Waals surface area contributed by atoms with Crippen molar-refractivity contribution in [2.45, 2.75) is 6.92 Å². The van der Waals surface area contributed by atoms with Crippen LogP contribution in [-0.2, 0) is 4.74 Å². The van der Waals surface area contributed by atoms with Gasteiger partial charge in [0.05, 0.1) is 22.8 Å². The molecule has 4 aromatic rings. The van der Waals surface area contributed by atoms with Crippen LogP contribution in [0, 0.1) is 10.1 Å². The van der Waals surface area contributed by atoms with E-state index >= 15 is 0 Å². The molecule has 0 saturated carbocycles. The maximum atomic E-state index is 12.3. The summed E-state index contributed by atoms with van der Waals surface area (Å²) in [4.78, 5) is 31.8. The van der Waals surface area contributed by atoms with Crippen molar-refractivity contribution < 1.29 is 14.5 Å². The molecule has 1 aromatic heterocycles. The molecule has 3 aromatic carbocycles. The van der Waals surface area contributed by atoms with Crippen LogP contribution in [0.25, 0.3) is 10.8 Å². The number of esters is 1. The summed E-state index contributed by atoms with van der Waals surface area (Å²) in [5, 5.41) is 19.8. The van der Waals surface area contributed by atoms with Gasteiger partial charge in [-0.05, 0) is 30.5 Å². The van der Waals surface area contributed by atoms with Gasteiger partial charge in [0.15, 0.2) is 0 Å². The predicted molar refractivity (Wildman–Crippen MR) is 122 cm³/mol. The van der Waals surface area contributed by atoms with Gasteiger partial charge < -0.3 is 15.4 Å². The zero-order valence-corrected chi connectivity index (χ0v) is 17.1. The summed E-state index contributed by atoms with van der Waals surface area (Å²) in [5.41, 5.74) is 0.900. The fourth-order valence-corrected chi connectivity index (χ4v) is 3.30. The standard InChI is InChI=1S/C23H19N5O4/c1-2-32-23(29)17-11-5-6-12-19(17)27-22-20(28(30)31)21(24-14-25-22)26-18-13-7-9-15-8-3-4-10-16(15)18/h3-14H,2H2,1H3,(H2,24,25,26,27). The zero-order chi connectivity index (χ0) is 22.5. The van der Waals surface area contributed by atoms with Gasteiger partial charge in [-0.2, -0.15) is 0 Å². The average Bonchev–Trinajstić information content (AvgIpc) is 2.80. The summed E-state index contributed by atoms with van der Waals surface area (Å²) >= 11 is 0. The molecule has 0 aliphatic heterocycles. The number of hydrogen-bond acceptors (Lipinski definition) is 8. The van der Waals surface area contributed by atoms with Gasteiger partial charge in [-0.15, -0.1) is 0 Å². The molecule has 1 heterocycles. The van der Waals surface area contributed by atoms with E-state index in [1.54, 1.807) is 31.2 Å². The number of benzene rings is 3. The predicted octanol–water partition coefficient (Wildman–Crippen LogP) is 5.20. The van der Waals surface area contributed by atoms with Gasteiger partial charge in [-0.25, -0.2) is 14.8 Å². The van der Waals surface area contributed by atoms with Crippen LogP contribution >= 0.6 is 0 Å². The van der Waals surface area contributed by atoms with E-state index in [-0.39, 0.29) is 29.5 Å². The molecule has 9 nitrogen and oxygen atoms in total. The highest BCUT2D eigenvalue weighted by atomic mass is 16.6. The Bertz CT molecular complexity index is 1300. The smallest absolute Gasteiger partial charge is 0.353 e. The molecule has 4 rings (SSSR count). The molecule has 0 saturated heterocycles. The highest BCUT2D eigenvalue weighted by molar-refractivity contribution is 5.98. The Balaban J connectivity index is 1.74. The van der Waals surface area contributed by atoms with Crippen molar-refractivity contribution in [2.24, 2.45) is 0 Å². The van der Waals surface area contributed by atoms with Gasteiger partial charge in [0.1, 0.15) is 6.33 Å². The largest absolute Gasteiger partial charge is 0.462 e. The number of ether oxygens (including phenoxy) is 1. The van der Waals surface area contributed by atoms with Crippen LogP contribution in [0.5, 0.6) is 0 Å². The first-order chi connectivity index (χ1) is 15.6. The van der Waals surface area contributed by atoms with E-state index in [1.165, 1.54) is 6.33 Å². The number of carbonyl (C=O) groups excluding carboxylic acids is 1. The Morgan fingerprint density at radius 2 is 1.56 bits per heavy atom. The molecule has 0 fully saturated rings. The maximum Gasteiger partial charge on any atom is 0.353 e. The normalized spacial score (nSPS) is 10.5. The highest BCUT2D eigenvalue weighted by Crippen LogP contribution is 2.35. The van der Waals surface area contributed by atoms with Gasteiger partial charge in [0, 0.05) is 11.1 Å². The second-order valence-corrected chi connectivity index (χ2v) is 6.72. The van der Waals surface area contributed by atoms with E-state index in [2.05, 4.69) is 20.6 Å². The Kier molecular flexibility index (Phi) is 5.89. The topological polar surface area (TPSA) is 119 Å². The molecule has 0 unspecified atom stereocenters. The van der Waals surface area contributed by atoms with E-state index in [0.29, 0.717) is 11.4 Å². The molecule has 160 valence electrons. The van der Waals surface area contributed by atoms with Crippen LogP contribution in [0.3, 0.4) is 0 Å². The summed E-state index contributed by atoms with van der Waals surface area (Å²) in [5.74, 6) is -0.566. The molecule has 9 heteroatoms. The summed E-state index contributed by atoms with van der Waals surface area (Å²) < 4.78 is 5.07. The van der Waals surface area contributed by atoms with Gasteiger partial charge in [0.2, 0.25) is 11.6 Å². The van der Waals surface area contributed by atoms with E-state index in [1.807, 2.05) is 42.5 Å². The van der Waals surface area contributed by atoms with E-state index in [9.17, 15) is 14.9 Å². The van der Waals surface area contributed by atoms with Crippen LogP contribution in [0.2, 0.25) is 0 Å². The SMILES string of the molecule is CCOC(=O)c1ccccc1Nc1ncnc(Nc2cccc3ccccc23)c1[N+](=O)[O-]. The van der Waals surface area contributed by atoms with Crippen molar-refractivity contribution in [3.8, 4) is 0 Å². The van der Waals surface area contributed by atoms with Crippen molar-refractivity contribution in [3.05, 3.63) is 88.7 Å². The first-order valence-corrected chi connectivity index (χ1v) is 9.86. The number of anilines is 4. The molecular formula is C23H19N5O4. The molecule has 0 radical (unpaired) electrons. The van der Waals surface area contributed by atoms with Crippen LogP contribution in [0.15, 0.2) is 73.1 Å². The Morgan fingerprint density at radius 3 is 2.31 bits per heavy atom. The molecule has 0 amide bonds. The van der Waals surface area contributed by atoms with Crippen LogP contribution in [0.1, 0.15) is 17.3 Å². The molecule has 32 heavy (non-hydrogen) atoms. The third-order valence-electron chi connectivity index (χ3n) is 4.72. The Hall–Kier alpha value is -4.53. The first-order valence-electron chi connectivity index (χ1n) is 9.86. The number of nitrogens with zero attached hydrogens (tertiary/aromatic N) is 3. The van der Waals surface area contributed by atoms with Crippen LogP contribution in [-0.4, -0.2) is 27.5 Å². The number of carbonyl (C=O) groups is 1. The molecule has 0 aliphatic carbocycles. The maximum absolute atomic E-state index is 12.3. The average molecular weight is 429 g/mol. The number of rotatable bonds is 7. The number of para-hydroxylation sites is 1. The summed E-state index contributed by atoms with van der Waals surface area (Å²) in [6.45, 7) is 1.91. The lowest BCUT2D eigenvalue weighted by molar-refractivity contribution is -0.383. The number of nitro groups is 1. The Morgan fingerprint density at radius 1 is 0.938 bits per heavy atom. The zero-order valence-electron chi connectivity index (χ0n) is 17.1.